The van der Waals surface area contributed by atoms with Gasteiger partial charge in [-0.25, -0.2) is 9.59 Å². The Hall–Kier alpha value is -1.85. The van der Waals surface area contributed by atoms with Crippen LogP contribution in [-0.4, -0.2) is 38.2 Å². The van der Waals surface area contributed by atoms with Crippen LogP contribution in [-0.2, 0) is 28.6 Å². The van der Waals surface area contributed by atoms with Crippen molar-refractivity contribution in [2.45, 2.75) is 13.3 Å². The first-order chi connectivity index (χ1) is 7.51. The highest BCUT2D eigenvalue weighted by Gasteiger charge is 2.14. The molecule has 0 unspecified atom stereocenters. The number of hydrogen-bond acceptors (Lipinski definition) is 6. The Morgan fingerprint density at radius 2 is 1.75 bits per heavy atom. The summed E-state index contributed by atoms with van der Waals surface area (Å²) in [6.45, 7) is 4.73. The molecular weight excluding hydrogens is 216 g/mol. The quantitative estimate of drug-likeness (QED) is 0.369. The van der Waals surface area contributed by atoms with Crippen LogP contribution < -0.4 is 0 Å². The molecule has 0 atom stereocenters. The van der Waals surface area contributed by atoms with Crippen molar-refractivity contribution in [3.8, 4) is 0 Å². The monoisotopic (exact) mass is 230 g/mol. The van der Waals surface area contributed by atoms with E-state index in [1.807, 2.05) is 0 Å². The summed E-state index contributed by atoms with van der Waals surface area (Å²) in [4.78, 5) is 32.8. The highest BCUT2D eigenvalue weighted by Crippen LogP contribution is 2.02. The van der Waals surface area contributed by atoms with Crippen LogP contribution in [0.4, 0.5) is 0 Å². The van der Waals surface area contributed by atoms with Crippen molar-refractivity contribution in [3.05, 3.63) is 12.2 Å². The highest BCUT2D eigenvalue weighted by molar-refractivity contribution is 5.93. The Kier molecular flexibility index (Phi) is 6.58. The Morgan fingerprint density at radius 1 is 1.12 bits per heavy atom. The Labute approximate surface area is 93.2 Å². The molecule has 0 aliphatic rings. The van der Waals surface area contributed by atoms with Gasteiger partial charge in [0, 0.05) is 5.57 Å². The van der Waals surface area contributed by atoms with E-state index in [2.05, 4.69) is 20.8 Å². The Balaban J connectivity index is 3.91. The summed E-state index contributed by atoms with van der Waals surface area (Å²) >= 11 is 0. The third-order valence-corrected chi connectivity index (χ3v) is 1.50. The minimum atomic E-state index is -0.733. The zero-order valence-corrected chi connectivity index (χ0v) is 9.28. The lowest BCUT2D eigenvalue weighted by molar-refractivity contribution is -0.157. The maximum atomic E-state index is 11.1. The van der Waals surface area contributed by atoms with Gasteiger partial charge in [0.1, 0.15) is 0 Å². The molecule has 0 aromatic rings. The maximum absolute atomic E-state index is 11.1. The molecule has 0 rings (SSSR count). The van der Waals surface area contributed by atoms with Crippen LogP contribution in [0.25, 0.3) is 0 Å². The normalized spacial score (nSPS) is 9.12. The van der Waals surface area contributed by atoms with Gasteiger partial charge in [-0.1, -0.05) is 6.58 Å². The largest absolute Gasteiger partial charge is 0.466 e. The zero-order valence-electron chi connectivity index (χ0n) is 9.28. The molecule has 0 radical (unpaired) electrons. The second-order valence-corrected chi connectivity index (χ2v) is 2.74. The molecule has 6 nitrogen and oxygen atoms in total. The minimum Gasteiger partial charge on any atom is -0.466 e. The van der Waals surface area contributed by atoms with E-state index in [0.29, 0.717) is 0 Å². The SMILES string of the molecule is C=C(CC(=O)OCC(=O)OC)C(=O)OCC. The van der Waals surface area contributed by atoms with Gasteiger partial charge in [0.25, 0.3) is 0 Å². The van der Waals surface area contributed by atoms with Gasteiger partial charge < -0.3 is 14.2 Å². The fourth-order valence-corrected chi connectivity index (χ4v) is 0.729. The minimum absolute atomic E-state index is 0.0169. The molecule has 0 bridgehead atoms. The lowest BCUT2D eigenvalue weighted by atomic mass is 10.2. The molecule has 0 aromatic heterocycles. The van der Waals surface area contributed by atoms with E-state index in [1.54, 1.807) is 6.92 Å². The fourth-order valence-electron chi connectivity index (χ4n) is 0.729. The number of hydrogen-bond donors (Lipinski definition) is 0. The van der Waals surface area contributed by atoms with E-state index in [4.69, 9.17) is 0 Å². The summed E-state index contributed by atoms with van der Waals surface area (Å²) in [6, 6.07) is 0. The third kappa shape index (κ3) is 5.79. The van der Waals surface area contributed by atoms with Gasteiger partial charge in [0.05, 0.1) is 20.1 Å². The molecular formula is C10H14O6. The van der Waals surface area contributed by atoms with E-state index in [0.717, 1.165) is 0 Å². The predicted molar refractivity (Wildman–Crippen MR) is 53.4 cm³/mol. The van der Waals surface area contributed by atoms with Crippen LogP contribution in [0.1, 0.15) is 13.3 Å². The standard InChI is InChI=1S/C10H14O6/c1-4-15-10(13)7(2)5-8(11)16-6-9(12)14-3/h2,4-6H2,1,3H3. The highest BCUT2D eigenvalue weighted by atomic mass is 16.6. The first-order valence-electron chi connectivity index (χ1n) is 4.58. The number of ether oxygens (including phenoxy) is 3. The molecule has 0 heterocycles. The van der Waals surface area contributed by atoms with Crippen molar-refractivity contribution in [1.82, 2.24) is 0 Å². The number of methoxy groups -OCH3 is 1. The van der Waals surface area contributed by atoms with Crippen LogP contribution in [0, 0.1) is 0 Å². The van der Waals surface area contributed by atoms with Gasteiger partial charge in [-0.3, -0.25) is 4.79 Å². The number of rotatable bonds is 6. The Morgan fingerprint density at radius 3 is 2.25 bits per heavy atom. The summed E-state index contributed by atoms with van der Waals surface area (Å²) in [6.07, 6.45) is -0.310. The zero-order chi connectivity index (χ0) is 12.6. The smallest absolute Gasteiger partial charge is 0.344 e. The number of esters is 3. The topological polar surface area (TPSA) is 78.9 Å². The van der Waals surface area contributed by atoms with E-state index < -0.39 is 24.5 Å². The van der Waals surface area contributed by atoms with Crippen molar-refractivity contribution in [2.75, 3.05) is 20.3 Å². The van der Waals surface area contributed by atoms with Crippen molar-refractivity contribution in [3.63, 3.8) is 0 Å². The fraction of sp³-hybridized carbons (Fsp3) is 0.500. The van der Waals surface area contributed by atoms with Crippen LogP contribution in [0.2, 0.25) is 0 Å². The van der Waals surface area contributed by atoms with Gasteiger partial charge in [-0.05, 0) is 6.92 Å². The van der Waals surface area contributed by atoms with Gasteiger partial charge in [-0.2, -0.15) is 0 Å². The molecule has 0 aromatic carbocycles. The van der Waals surface area contributed by atoms with Crippen LogP contribution in [0.15, 0.2) is 12.2 Å². The van der Waals surface area contributed by atoms with E-state index >= 15 is 0 Å². The summed E-state index contributed by atoms with van der Waals surface area (Å²) in [5, 5.41) is 0. The average Bonchev–Trinajstić information content (AvgIpc) is 2.26. The van der Waals surface area contributed by atoms with Crippen LogP contribution in [0.5, 0.6) is 0 Å². The lowest BCUT2D eigenvalue weighted by Crippen LogP contribution is -2.17. The molecule has 0 spiro atoms. The molecule has 0 fully saturated rings. The third-order valence-electron chi connectivity index (χ3n) is 1.50. The van der Waals surface area contributed by atoms with E-state index in [1.165, 1.54) is 7.11 Å². The molecule has 0 saturated carbocycles. The van der Waals surface area contributed by atoms with E-state index in [9.17, 15) is 14.4 Å². The van der Waals surface area contributed by atoms with E-state index in [-0.39, 0.29) is 18.6 Å². The van der Waals surface area contributed by atoms with Crippen molar-refractivity contribution in [1.29, 1.82) is 0 Å². The van der Waals surface area contributed by atoms with Gasteiger partial charge in [0.2, 0.25) is 0 Å². The molecule has 0 saturated heterocycles. The summed E-state index contributed by atoms with van der Waals surface area (Å²) in [5.41, 5.74) is -0.0169. The molecule has 16 heavy (non-hydrogen) atoms. The Bertz CT molecular complexity index is 294. The maximum Gasteiger partial charge on any atom is 0.344 e. The molecule has 0 amide bonds. The summed E-state index contributed by atoms with van der Waals surface area (Å²) in [5.74, 6) is -2.06. The first kappa shape index (κ1) is 14.2. The summed E-state index contributed by atoms with van der Waals surface area (Å²) in [7, 11) is 1.17. The van der Waals surface area contributed by atoms with Gasteiger partial charge >= 0.3 is 17.9 Å². The number of carbonyl (C=O) groups is 3. The van der Waals surface area contributed by atoms with Gasteiger partial charge in [0.15, 0.2) is 6.61 Å². The average molecular weight is 230 g/mol. The first-order valence-corrected chi connectivity index (χ1v) is 4.58. The molecule has 6 heteroatoms. The van der Waals surface area contributed by atoms with Gasteiger partial charge in [-0.15, -0.1) is 0 Å². The second kappa shape index (κ2) is 7.44. The molecule has 90 valence electrons. The van der Waals surface area contributed by atoms with Crippen molar-refractivity contribution < 1.29 is 28.6 Å². The van der Waals surface area contributed by atoms with Crippen molar-refractivity contribution in [2.24, 2.45) is 0 Å². The molecule has 0 aliphatic heterocycles. The molecule has 0 aliphatic carbocycles. The number of carbonyl (C=O) groups excluding carboxylic acids is 3. The predicted octanol–water partition coefficient (Wildman–Crippen LogP) is 0.212. The lowest BCUT2D eigenvalue weighted by Gasteiger charge is -2.05. The molecule has 0 N–H and O–H groups in total. The summed E-state index contributed by atoms with van der Waals surface area (Å²) < 4.78 is 13.4. The van der Waals surface area contributed by atoms with Crippen LogP contribution in [0.3, 0.4) is 0 Å². The van der Waals surface area contributed by atoms with Crippen LogP contribution >= 0.6 is 0 Å². The van der Waals surface area contributed by atoms with Crippen molar-refractivity contribution >= 4 is 17.9 Å². The second-order valence-electron chi connectivity index (χ2n) is 2.74.